The first-order valence-electron chi connectivity index (χ1n) is 25.8. The van der Waals surface area contributed by atoms with Crippen molar-refractivity contribution in [2.24, 2.45) is 0 Å². The fourth-order valence-electron chi connectivity index (χ4n) is 8.71. The molecule has 70 heavy (non-hydrogen) atoms. The Hall–Kier alpha value is -4.71. The zero-order chi connectivity index (χ0) is 50.6. The first-order valence-corrected chi connectivity index (χ1v) is 30.6. The summed E-state index contributed by atoms with van der Waals surface area (Å²) in [6.07, 6.45) is 14.7. The molecule has 0 aliphatic carbocycles. The molecule has 0 amide bonds. The van der Waals surface area contributed by atoms with Gasteiger partial charge >= 0.3 is 0 Å². The van der Waals surface area contributed by atoms with Gasteiger partial charge in [0.15, 0.2) is 8.32 Å². The van der Waals surface area contributed by atoms with Gasteiger partial charge < -0.3 is 19.2 Å². The highest BCUT2D eigenvalue weighted by atomic mass is 32.2. The SMILES string of the molecule is CC(C)N(CCC(c1ccccc1)c1cc(C=CCCCCCCCCNCC(O[Si](C)(C)C(C)(C)C)c2ccc(OCc3ccccc3)c(NS(C)(=O)=O)c2)ccc1OCc1ccccc1)C(C)C. The van der Waals surface area contributed by atoms with E-state index in [0.29, 0.717) is 43.3 Å². The van der Waals surface area contributed by atoms with Crippen LogP contribution in [0.2, 0.25) is 18.1 Å². The highest BCUT2D eigenvalue weighted by molar-refractivity contribution is 7.92. The highest BCUT2D eigenvalue weighted by Crippen LogP contribution is 2.41. The van der Waals surface area contributed by atoms with Crippen molar-refractivity contribution in [1.29, 1.82) is 0 Å². The van der Waals surface area contributed by atoms with Gasteiger partial charge in [0.05, 0.1) is 18.0 Å². The van der Waals surface area contributed by atoms with Gasteiger partial charge in [-0.25, -0.2) is 8.42 Å². The average molecular weight is 989 g/mol. The summed E-state index contributed by atoms with van der Waals surface area (Å²) in [5, 5.41) is 3.70. The first-order chi connectivity index (χ1) is 33.4. The van der Waals surface area contributed by atoms with Crippen molar-refractivity contribution >= 4 is 30.1 Å². The van der Waals surface area contributed by atoms with Crippen LogP contribution in [0, 0.1) is 0 Å². The molecule has 2 unspecified atom stereocenters. The Morgan fingerprint density at radius 3 is 1.81 bits per heavy atom. The minimum atomic E-state index is -3.55. The van der Waals surface area contributed by atoms with E-state index in [0.717, 1.165) is 49.2 Å². The van der Waals surface area contributed by atoms with E-state index in [4.69, 9.17) is 13.9 Å². The summed E-state index contributed by atoms with van der Waals surface area (Å²) in [5.41, 5.74) is 7.29. The van der Waals surface area contributed by atoms with E-state index in [-0.39, 0.29) is 17.1 Å². The molecular formula is C60H85N3O5SSi. The maximum absolute atomic E-state index is 12.5. The van der Waals surface area contributed by atoms with E-state index in [2.05, 4.69) is 161 Å². The predicted octanol–water partition coefficient (Wildman–Crippen LogP) is 15.0. The summed E-state index contributed by atoms with van der Waals surface area (Å²) in [5.74, 6) is 1.64. The normalized spacial score (nSPS) is 13.3. The number of hydrogen-bond acceptors (Lipinski definition) is 7. The summed E-state index contributed by atoms with van der Waals surface area (Å²) in [4.78, 5) is 2.59. The van der Waals surface area contributed by atoms with Crippen LogP contribution >= 0.6 is 0 Å². The predicted molar refractivity (Wildman–Crippen MR) is 298 cm³/mol. The van der Waals surface area contributed by atoms with E-state index < -0.39 is 18.3 Å². The van der Waals surface area contributed by atoms with Crippen LogP contribution in [0.15, 0.2) is 133 Å². The van der Waals surface area contributed by atoms with Crippen LogP contribution in [0.1, 0.15) is 145 Å². The molecule has 5 aromatic carbocycles. The molecule has 380 valence electrons. The molecule has 10 heteroatoms. The van der Waals surface area contributed by atoms with Crippen LogP contribution < -0.4 is 19.5 Å². The summed E-state index contributed by atoms with van der Waals surface area (Å²) in [6.45, 7) is 23.8. The third kappa shape index (κ3) is 18.8. The maximum atomic E-state index is 12.5. The minimum absolute atomic E-state index is 0.0101. The lowest BCUT2D eigenvalue weighted by atomic mass is 9.86. The molecule has 0 bridgehead atoms. The smallest absolute Gasteiger partial charge is 0.229 e. The number of sulfonamides is 1. The van der Waals surface area contributed by atoms with Crippen LogP contribution in [0.4, 0.5) is 5.69 Å². The Morgan fingerprint density at radius 1 is 0.671 bits per heavy atom. The van der Waals surface area contributed by atoms with Crippen molar-refractivity contribution in [2.45, 2.75) is 155 Å². The van der Waals surface area contributed by atoms with Crippen molar-refractivity contribution in [3.8, 4) is 11.5 Å². The molecule has 0 saturated heterocycles. The Bertz CT molecular complexity index is 2410. The van der Waals surface area contributed by atoms with Gasteiger partial charge in [-0.15, -0.1) is 0 Å². The summed E-state index contributed by atoms with van der Waals surface area (Å²) in [7, 11) is -5.73. The molecular weight excluding hydrogens is 903 g/mol. The van der Waals surface area contributed by atoms with Gasteiger partial charge in [-0.1, -0.05) is 162 Å². The number of benzene rings is 5. The zero-order valence-corrected chi connectivity index (χ0v) is 46.0. The van der Waals surface area contributed by atoms with Gasteiger partial charge in [0.25, 0.3) is 0 Å². The molecule has 0 radical (unpaired) electrons. The Labute approximate surface area is 424 Å². The van der Waals surface area contributed by atoms with Crippen molar-refractivity contribution in [3.05, 3.63) is 167 Å². The van der Waals surface area contributed by atoms with Crippen LogP contribution in [0.3, 0.4) is 0 Å². The molecule has 0 fully saturated rings. The largest absolute Gasteiger partial charge is 0.489 e. The summed E-state index contributed by atoms with van der Waals surface area (Å²) < 4.78 is 47.4. The molecule has 0 saturated carbocycles. The van der Waals surface area contributed by atoms with Gasteiger partial charge in [0.1, 0.15) is 24.7 Å². The van der Waals surface area contributed by atoms with Crippen LogP contribution in [0.25, 0.3) is 6.08 Å². The van der Waals surface area contributed by atoms with Gasteiger partial charge in [-0.2, -0.15) is 0 Å². The number of rotatable bonds is 30. The van der Waals surface area contributed by atoms with Crippen molar-refractivity contribution in [3.63, 3.8) is 0 Å². The molecule has 2 atom stereocenters. The zero-order valence-electron chi connectivity index (χ0n) is 44.2. The van der Waals surface area contributed by atoms with Gasteiger partial charge in [0, 0.05) is 30.1 Å². The molecule has 5 rings (SSSR count). The van der Waals surface area contributed by atoms with E-state index in [1.807, 2.05) is 54.6 Å². The number of ether oxygens (including phenoxy) is 2. The summed E-state index contributed by atoms with van der Waals surface area (Å²) >= 11 is 0. The van der Waals surface area contributed by atoms with Gasteiger partial charge in [-0.3, -0.25) is 9.62 Å². The lowest BCUT2D eigenvalue weighted by Crippen LogP contribution is -2.43. The number of nitrogens with zero attached hydrogens (tertiary/aromatic N) is 1. The van der Waals surface area contributed by atoms with E-state index in [1.165, 1.54) is 60.6 Å². The minimum Gasteiger partial charge on any atom is -0.489 e. The number of hydrogen-bond donors (Lipinski definition) is 2. The molecule has 0 heterocycles. The van der Waals surface area contributed by atoms with Crippen molar-refractivity contribution in [2.75, 3.05) is 30.6 Å². The second-order valence-electron chi connectivity index (χ2n) is 21.0. The van der Waals surface area contributed by atoms with Crippen LogP contribution in [-0.4, -0.2) is 59.6 Å². The molecule has 0 aliphatic heterocycles. The van der Waals surface area contributed by atoms with Crippen LogP contribution in [-0.2, 0) is 27.7 Å². The lowest BCUT2D eigenvalue weighted by Gasteiger charge is -2.39. The van der Waals surface area contributed by atoms with E-state index in [9.17, 15) is 8.42 Å². The number of unbranched alkanes of at least 4 members (excludes halogenated alkanes) is 6. The monoisotopic (exact) mass is 988 g/mol. The number of nitrogens with one attached hydrogen (secondary N) is 2. The topological polar surface area (TPSA) is 89.1 Å². The molecule has 2 N–H and O–H groups in total. The quantitative estimate of drug-likeness (QED) is 0.0350. The van der Waals surface area contributed by atoms with E-state index in [1.54, 1.807) is 0 Å². The number of anilines is 1. The van der Waals surface area contributed by atoms with Crippen LogP contribution in [0.5, 0.6) is 11.5 Å². The van der Waals surface area contributed by atoms with Gasteiger partial charge in [-0.05, 0) is 137 Å². The standard InChI is InChI=1S/C60H85N3O5SSi/c1-47(2)63(48(3)4)41-39-54(52-33-25-19-26-34-52)55-42-49(35-37-57(55)66-45-50-29-21-17-22-30-50)28-20-15-13-11-12-14-16-27-40-61-44-59(68-70(9,10)60(5,6)7)53-36-38-58(56(43-53)62-69(8,64)65)67-46-51-31-23-18-24-32-51/h17-26,28-38,42-43,47-48,54,59,61-62H,11-16,27,39-41,44-46H2,1-10H3. The lowest BCUT2D eigenvalue weighted by molar-refractivity contribution is 0.170. The Morgan fingerprint density at radius 2 is 1.23 bits per heavy atom. The molecule has 0 aliphatic rings. The first kappa shape index (κ1) is 56.2. The molecule has 8 nitrogen and oxygen atoms in total. The maximum Gasteiger partial charge on any atom is 0.229 e. The third-order valence-corrected chi connectivity index (χ3v) is 18.7. The second kappa shape index (κ2) is 27.8. The fraction of sp³-hybridized carbons (Fsp3) is 0.467. The summed E-state index contributed by atoms with van der Waals surface area (Å²) in [6, 6.07) is 44.7. The number of allylic oxidation sites excluding steroid dienone is 1. The second-order valence-corrected chi connectivity index (χ2v) is 27.5. The molecule has 5 aromatic rings. The molecule has 0 spiro atoms. The molecule has 0 aromatic heterocycles. The Balaban J connectivity index is 1.14. The Kier molecular flexibility index (Phi) is 22.3. The average Bonchev–Trinajstić information content (AvgIpc) is 3.31. The van der Waals surface area contributed by atoms with Gasteiger partial charge in [0.2, 0.25) is 10.0 Å². The van der Waals surface area contributed by atoms with E-state index >= 15 is 0 Å². The van der Waals surface area contributed by atoms with Crippen molar-refractivity contribution in [1.82, 2.24) is 10.2 Å². The fourth-order valence-corrected chi connectivity index (χ4v) is 10.6. The highest BCUT2D eigenvalue weighted by Gasteiger charge is 2.39. The van der Waals surface area contributed by atoms with Crippen molar-refractivity contribution < 1.29 is 22.3 Å². The third-order valence-electron chi connectivity index (χ3n) is 13.6.